The van der Waals surface area contributed by atoms with E-state index in [4.69, 9.17) is 0 Å². The number of benzene rings is 1. The minimum Gasteiger partial charge on any atom is -0.384 e. The molecule has 0 bridgehead atoms. The van der Waals surface area contributed by atoms with Crippen molar-refractivity contribution >= 4 is 28.4 Å². The number of rotatable bonds is 6. The van der Waals surface area contributed by atoms with Crippen LogP contribution in [0.15, 0.2) is 41.6 Å². The highest BCUT2D eigenvalue weighted by atomic mass is 32.2. The largest absolute Gasteiger partial charge is 0.384 e. The number of thioether (sulfide) groups is 1. The summed E-state index contributed by atoms with van der Waals surface area (Å²) in [5, 5.41) is 11.8. The normalized spacial score (nSPS) is 11.0. The molecule has 2 heterocycles. The highest BCUT2D eigenvalue weighted by Gasteiger charge is 2.07. The maximum Gasteiger partial charge on any atom is 0.0723 e. The molecule has 0 aliphatic carbocycles. The van der Waals surface area contributed by atoms with Gasteiger partial charge in [0, 0.05) is 28.7 Å². The van der Waals surface area contributed by atoms with Crippen LogP contribution in [0.4, 0.5) is 5.69 Å². The van der Waals surface area contributed by atoms with Gasteiger partial charge >= 0.3 is 0 Å². The minimum absolute atomic E-state index is 0.937. The Hall–Kier alpha value is -2.01. The fraction of sp³-hybridized carbons (Fsp3) is 0.294. The lowest BCUT2D eigenvalue weighted by Gasteiger charge is -2.13. The van der Waals surface area contributed by atoms with Crippen LogP contribution in [0.2, 0.25) is 0 Å². The van der Waals surface area contributed by atoms with E-state index in [2.05, 4.69) is 51.9 Å². The molecule has 0 saturated carbocycles. The molecule has 0 aliphatic heterocycles. The molecule has 3 rings (SSSR count). The number of pyridine rings is 1. The summed E-state index contributed by atoms with van der Waals surface area (Å²) in [4.78, 5) is 5.71. The number of aromatic amines is 1. The molecular weight excluding hydrogens is 292 g/mol. The number of aromatic nitrogens is 3. The second-order valence-corrected chi connectivity index (χ2v) is 6.12. The third-order valence-electron chi connectivity index (χ3n) is 3.82. The molecule has 0 spiro atoms. The van der Waals surface area contributed by atoms with Gasteiger partial charge in [-0.15, -0.1) is 11.8 Å². The van der Waals surface area contributed by atoms with Gasteiger partial charge in [0.1, 0.15) is 0 Å². The summed E-state index contributed by atoms with van der Waals surface area (Å²) < 4.78 is 0. The zero-order valence-electron chi connectivity index (χ0n) is 12.9. The second kappa shape index (κ2) is 6.83. The topological polar surface area (TPSA) is 53.6 Å². The molecule has 2 aromatic heterocycles. The van der Waals surface area contributed by atoms with Crippen molar-refractivity contribution in [1.29, 1.82) is 0 Å². The SMILES string of the molecule is CSc1cnc2ccccc2c1NCCCc1cn[nH]c1C. The molecule has 0 saturated heterocycles. The van der Waals surface area contributed by atoms with Crippen molar-refractivity contribution in [2.45, 2.75) is 24.7 Å². The number of anilines is 1. The molecule has 0 unspecified atom stereocenters. The number of fused-ring (bicyclic) bond motifs is 1. The van der Waals surface area contributed by atoms with Gasteiger partial charge in [0.05, 0.1) is 17.4 Å². The quantitative estimate of drug-likeness (QED) is 0.533. The van der Waals surface area contributed by atoms with Crippen molar-refractivity contribution in [2.75, 3.05) is 18.1 Å². The molecule has 5 heteroatoms. The van der Waals surface area contributed by atoms with Gasteiger partial charge in [-0.2, -0.15) is 5.10 Å². The first-order valence-corrected chi connectivity index (χ1v) is 8.66. The first-order valence-electron chi connectivity index (χ1n) is 7.44. The van der Waals surface area contributed by atoms with Crippen LogP contribution < -0.4 is 5.32 Å². The Balaban J connectivity index is 1.71. The van der Waals surface area contributed by atoms with E-state index in [9.17, 15) is 0 Å². The highest BCUT2D eigenvalue weighted by Crippen LogP contribution is 2.31. The maximum absolute atomic E-state index is 4.52. The Bertz CT molecular complexity index is 766. The zero-order chi connectivity index (χ0) is 15.4. The van der Waals surface area contributed by atoms with Crippen molar-refractivity contribution in [1.82, 2.24) is 15.2 Å². The number of para-hydroxylation sites is 1. The third kappa shape index (κ3) is 3.09. The molecule has 2 N–H and O–H groups in total. The van der Waals surface area contributed by atoms with Gasteiger partial charge in [0.15, 0.2) is 0 Å². The van der Waals surface area contributed by atoms with Crippen LogP contribution in [0.5, 0.6) is 0 Å². The Labute approximate surface area is 134 Å². The minimum atomic E-state index is 0.937. The van der Waals surface area contributed by atoms with Crippen molar-refractivity contribution < 1.29 is 0 Å². The molecule has 0 aliphatic rings. The second-order valence-electron chi connectivity index (χ2n) is 5.27. The molecule has 0 atom stereocenters. The summed E-state index contributed by atoms with van der Waals surface area (Å²) in [6.45, 7) is 3.00. The summed E-state index contributed by atoms with van der Waals surface area (Å²) in [6, 6.07) is 8.28. The molecule has 4 nitrogen and oxygen atoms in total. The summed E-state index contributed by atoms with van der Waals surface area (Å²) >= 11 is 1.73. The van der Waals surface area contributed by atoms with Gasteiger partial charge in [-0.1, -0.05) is 18.2 Å². The summed E-state index contributed by atoms with van der Waals surface area (Å²) in [5.74, 6) is 0. The lowest BCUT2D eigenvalue weighted by Crippen LogP contribution is -2.05. The first kappa shape index (κ1) is 14.9. The summed E-state index contributed by atoms with van der Waals surface area (Å²) in [6.07, 6.45) is 8.07. The smallest absolute Gasteiger partial charge is 0.0723 e. The van der Waals surface area contributed by atoms with E-state index in [0.29, 0.717) is 0 Å². The summed E-state index contributed by atoms with van der Waals surface area (Å²) in [7, 11) is 0. The molecule has 1 aromatic carbocycles. The average molecular weight is 312 g/mol. The standard InChI is InChI=1S/C17H20N4S/c1-12-13(10-20-21-12)6-5-9-18-17-14-7-3-4-8-15(14)19-11-16(17)22-2/h3-4,7-8,10-11H,5-6,9H2,1-2H3,(H,18,19)(H,20,21). The molecule has 114 valence electrons. The van der Waals surface area contributed by atoms with E-state index < -0.39 is 0 Å². The Morgan fingerprint density at radius 2 is 2.09 bits per heavy atom. The van der Waals surface area contributed by atoms with E-state index >= 15 is 0 Å². The lowest BCUT2D eigenvalue weighted by molar-refractivity contribution is 0.856. The number of hydrogen-bond donors (Lipinski definition) is 2. The summed E-state index contributed by atoms with van der Waals surface area (Å²) in [5.41, 5.74) is 4.70. The Kier molecular flexibility index (Phi) is 4.63. The van der Waals surface area contributed by atoms with Crippen molar-refractivity contribution in [3.8, 4) is 0 Å². The lowest BCUT2D eigenvalue weighted by atomic mass is 10.1. The third-order valence-corrected chi connectivity index (χ3v) is 4.57. The number of H-pyrrole nitrogens is 1. The van der Waals surface area contributed by atoms with E-state index in [-0.39, 0.29) is 0 Å². The van der Waals surface area contributed by atoms with Crippen LogP contribution >= 0.6 is 11.8 Å². The van der Waals surface area contributed by atoms with Gasteiger partial charge < -0.3 is 5.32 Å². The van der Waals surface area contributed by atoms with E-state index in [1.807, 2.05) is 18.5 Å². The molecule has 0 amide bonds. The van der Waals surface area contributed by atoms with Crippen molar-refractivity contribution in [3.63, 3.8) is 0 Å². The molecular formula is C17H20N4S. The predicted molar refractivity (Wildman–Crippen MR) is 93.7 cm³/mol. The van der Waals surface area contributed by atoms with Crippen LogP contribution in [0.1, 0.15) is 17.7 Å². The van der Waals surface area contributed by atoms with Crippen LogP contribution in [0.25, 0.3) is 10.9 Å². The predicted octanol–water partition coefficient (Wildman–Crippen LogP) is 4.03. The Morgan fingerprint density at radius 3 is 2.86 bits per heavy atom. The fourth-order valence-corrected chi connectivity index (χ4v) is 3.12. The first-order chi connectivity index (χ1) is 10.8. The number of nitrogens with one attached hydrogen (secondary N) is 2. The molecule has 0 radical (unpaired) electrons. The van der Waals surface area contributed by atoms with Crippen LogP contribution in [0, 0.1) is 6.92 Å². The van der Waals surface area contributed by atoms with E-state index in [0.717, 1.165) is 24.9 Å². The fourth-order valence-electron chi connectivity index (χ4n) is 2.58. The molecule has 3 aromatic rings. The van der Waals surface area contributed by atoms with Crippen molar-refractivity contribution in [2.24, 2.45) is 0 Å². The van der Waals surface area contributed by atoms with Crippen molar-refractivity contribution in [3.05, 3.63) is 47.9 Å². The average Bonchev–Trinajstić information content (AvgIpc) is 2.96. The zero-order valence-corrected chi connectivity index (χ0v) is 13.7. The maximum atomic E-state index is 4.52. The number of nitrogens with zero attached hydrogens (tertiary/aromatic N) is 2. The van der Waals surface area contributed by atoms with E-state index in [1.165, 1.54) is 27.2 Å². The van der Waals surface area contributed by atoms with Crippen LogP contribution in [-0.4, -0.2) is 28.0 Å². The van der Waals surface area contributed by atoms with Gasteiger partial charge in [-0.05, 0) is 37.7 Å². The molecule has 0 fully saturated rings. The number of aryl methyl sites for hydroxylation is 2. The van der Waals surface area contributed by atoms with E-state index in [1.54, 1.807) is 11.8 Å². The molecule has 22 heavy (non-hydrogen) atoms. The van der Waals surface area contributed by atoms with Crippen LogP contribution in [-0.2, 0) is 6.42 Å². The van der Waals surface area contributed by atoms with Gasteiger partial charge in [-0.3, -0.25) is 10.1 Å². The van der Waals surface area contributed by atoms with Crippen LogP contribution in [0.3, 0.4) is 0 Å². The number of hydrogen-bond acceptors (Lipinski definition) is 4. The highest BCUT2D eigenvalue weighted by molar-refractivity contribution is 7.98. The van der Waals surface area contributed by atoms with Gasteiger partial charge in [0.25, 0.3) is 0 Å². The Morgan fingerprint density at radius 1 is 1.23 bits per heavy atom. The van der Waals surface area contributed by atoms with Gasteiger partial charge in [0.2, 0.25) is 0 Å². The van der Waals surface area contributed by atoms with Gasteiger partial charge in [-0.25, -0.2) is 0 Å². The monoisotopic (exact) mass is 312 g/mol.